The summed E-state index contributed by atoms with van der Waals surface area (Å²) < 4.78 is 0. The summed E-state index contributed by atoms with van der Waals surface area (Å²) >= 11 is 0. The van der Waals surface area contributed by atoms with Crippen LogP contribution in [0.5, 0.6) is 0 Å². The van der Waals surface area contributed by atoms with Crippen molar-refractivity contribution < 1.29 is 5.11 Å². The minimum Gasteiger partial charge on any atom is -0.376 e. The van der Waals surface area contributed by atoms with Gasteiger partial charge in [0.1, 0.15) is 5.72 Å². The summed E-state index contributed by atoms with van der Waals surface area (Å²) in [6, 6.07) is 20.0. The van der Waals surface area contributed by atoms with Gasteiger partial charge in [-0.05, 0) is 24.0 Å². The fraction of sp³-hybridized carbons (Fsp3) is 0.250. The maximum atomic E-state index is 10.2. The van der Waals surface area contributed by atoms with E-state index in [0.29, 0.717) is 12.8 Å². The summed E-state index contributed by atoms with van der Waals surface area (Å²) in [5, 5.41) is 10.2. The van der Waals surface area contributed by atoms with Crippen LogP contribution in [0.15, 0.2) is 60.7 Å². The fourth-order valence-corrected chi connectivity index (χ4v) is 2.04. The number of nitrogens with two attached hydrogens (primary N) is 1. The van der Waals surface area contributed by atoms with Crippen molar-refractivity contribution >= 4 is 0 Å². The van der Waals surface area contributed by atoms with Gasteiger partial charge in [0.25, 0.3) is 0 Å². The lowest BCUT2D eigenvalue weighted by molar-refractivity contribution is 0.0386. The van der Waals surface area contributed by atoms with Crippen LogP contribution in [0.25, 0.3) is 0 Å². The van der Waals surface area contributed by atoms with Gasteiger partial charge in [-0.2, -0.15) is 0 Å². The van der Waals surface area contributed by atoms with Gasteiger partial charge >= 0.3 is 0 Å². The van der Waals surface area contributed by atoms with Gasteiger partial charge in [0, 0.05) is 6.42 Å². The van der Waals surface area contributed by atoms with Gasteiger partial charge < -0.3 is 10.8 Å². The predicted molar refractivity (Wildman–Crippen MR) is 74.0 cm³/mol. The van der Waals surface area contributed by atoms with Crippen molar-refractivity contribution in [1.82, 2.24) is 0 Å². The van der Waals surface area contributed by atoms with E-state index in [1.807, 2.05) is 48.5 Å². The molecule has 2 nitrogen and oxygen atoms in total. The molecule has 0 heterocycles. The number of rotatable bonds is 5. The van der Waals surface area contributed by atoms with Crippen LogP contribution in [0.4, 0.5) is 0 Å². The number of benzene rings is 2. The van der Waals surface area contributed by atoms with Crippen LogP contribution in [0.1, 0.15) is 17.5 Å². The molecule has 0 aromatic heterocycles. The second-order valence-corrected chi connectivity index (χ2v) is 4.75. The molecule has 0 saturated carbocycles. The van der Waals surface area contributed by atoms with Crippen LogP contribution in [0, 0.1) is 0 Å². The number of hydrogen-bond acceptors (Lipinski definition) is 2. The van der Waals surface area contributed by atoms with Crippen LogP contribution in [-0.4, -0.2) is 10.8 Å². The van der Waals surface area contributed by atoms with Crippen molar-refractivity contribution in [3.8, 4) is 0 Å². The minimum absolute atomic E-state index is 0.487. The fourth-order valence-electron chi connectivity index (χ4n) is 2.04. The van der Waals surface area contributed by atoms with Gasteiger partial charge in [-0.1, -0.05) is 60.7 Å². The zero-order valence-corrected chi connectivity index (χ0v) is 10.4. The second kappa shape index (κ2) is 5.80. The van der Waals surface area contributed by atoms with Crippen LogP contribution in [0.3, 0.4) is 0 Å². The largest absolute Gasteiger partial charge is 0.376 e. The van der Waals surface area contributed by atoms with Crippen LogP contribution in [-0.2, 0) is 12.8 Å². The molecule has 0 fully saturated rings. The molecule has 0 saturated heterocycles. The van der Waals surface area contributed by atoms with Crippen molar-refractivity contribution in [1.29, 1.82) is 0 Å². The Bertz CT molecular complexity index is 465. The maximum Gasteiger partial charge on any atom is 0.117 e. The lowest BCUT2D eigenvalue weighted by Crippen LogP contribution is -2.42. The zero-order chi connectivity index (χ0) is 12.8. The van der Waals surface area contributed by atoms with Gasteiger partial charge in [0.05, 0.1) is 0 Å². The first kappa shape index (κ1) is 12.8. The summed E-state index contributed by atoms with van der Waals surface area (Å²) in [6.45, 7) is 0. The molecule has 0 aliphatic rings. The Hall–Kier alpha value is -1.64. The third-order valence-corrected chi connectivity index (χ3v) is 3.04. The topological polar surface area (TPSA) is 46.2 Å². The van der Waals surface area contributed by atoms with E-state index >= 15 is 0 Å². The first-order valence-electron chi connectivity index (χ1n) is 6.25. The molecular weight excluding hydrogens is 222 g/mol. The lowest BCUT2D eigenvalue weighted by Gasteiger charge is -2.23. The summed E-state index contributed by atoms with van der Waals surface area (Å²) in [6.07, 6.45) is 1.84. The van der Waals surface area contributed by atoms with E-state index in [1.54, 1.807) is 0 Å². The molecule has 1 atom stereocenters. The van der Waals surface area contributed by atoms with Gasteiger partial charge in [-0.25, -0.2) is 0 Å². The standard InChI is InChI=1S/C16H19NO/c17-16(18,13-15-9-5-2-6-10-15)12-11-14-7-3-1-4-8-14/h1-10,18H,11-13,17H2. The SMILES string of the molecule is NC(O)(CCc1ccccc1)Cc1ccccc1. The molecule has 0 aliphatic carbocycles. The molecule has 18 heavy (non-hydrogen) atoms. The summed E-state index contributed by atoms with van der Waals surface area (Å²) in [5.41, 5.74) is 7.08. The van der Waals surface area contributed by atoms with Gasteiger partial charge in [-0.3, -0.25) is 0 Å². The molecule has 3 N–H and O–H groups in total. The third kappa shape index (κ3) is 3.99. The molecule has 2 aromatic carbocycles. The van der Waals surface area contributed by atoms with Crippen molar-refractivity contribution in [2.45, 2.75) is 25.0 Å². The van der Waals surface area contributed by atoms with Crippen molar-refractivity contribution in [3.05, 3.63) is 71.8 Å². The van der Waals surface area contributed by atoms with Gasteiger partial charge in [0.15, 0.2) is 0 Å². The van der Waals surface area contributed by atoms with Crippen molar-refractivity contribution in [2.75, 3.05) is 0 Å². The van der Waals surface area contributed by atoms with E-state index in [4.69, 9.17) is 5.73 Å². The smallest absolute Gasteiger partial charge is 0.117 e. The molecule has 0 aliphatic heterocycles. The highest BCUT2D eigenvalue weighted by atomic mass is 16.3. The summed E-state index contributed by atoms with van der Waals surface area (Å²) in [7, 11) is 0. The molecule has 0 amide bonds. The normalized spacial score (nSPS) is 14.1. The van der Waals surface area contributed by atoms with Crippen molar-refractivity contribution in [3.63, 3.8) is 0 Å². The number of hydrogen-bond donors (Lipinski definition) is 2. The van der Waals surface area contributed by atoms with Crippen molar-refractivity contribution in [2.24, 2.45) is 5.73 Å². The lowest BCUT2D eigenvalue weighted by atomic mass is 9.96. The molecule has 0 radical (unpaired) electrons. The average molecular weight is 241 g/mol. The summed E-state index contributed by atoms with van der Waals surface area (Å²) in [5.74, 6) is 0. The van der Waals surface area contributed by atoms with E-state index in [0.717, 1.165) is 12.0 Å². The number of aliphatic hydroxyl groups is 1. The summed E-state index contributed by atoms with van der Waals surface area (Å²) in [4.78, 5) is 0. The van der Waals surface area contributed by atoms with E-state index in [-0.39, 0.29) is 0 Å². The Kier molecular flexibility index (Phi) is 4.13. The first-order chi connectivity index (χ1) is 8.66. The Balaban J connectivity index is 1.91. The zero-order valence-electron chi connectivity index (χ0n) is 10.4. The van der Waals surface area contributed by atoms with Crippen LogP contribution < -0.4 is 5.73 Å². The van der Waals surface area contributed by atoms with E-state index < -0.39 is 5.72 Å². The molecule has 2 aromatic rings. The molecule has 94 valence electrons. The third-order valence-electron chi connectivity index (χ3n) is 3.04. The highest BCUT2D eigenvalue weighted by Crippen LogP contribution is 2.15. The Labute approximate surface area is 108 Å². The molecule has 1 unspecified atom stereocenters. The minimum atomic E-state index is -1.14. The molecule has 2 rings (SSSR count). The Morgan fingerprint density at radius 1 is 0.833 bits per heavy atom. The quantitative estimate of drug-likeness (QED) is 0.790. The molecule has 0 bridgehead atoms. The number of aryl methyl sites for hydroxylation is 1. The van der Waals surface area contributed by atoms with Crippen LogP contribution >= 0.6 is 0 Å². The highest BCUT2D eigenvalue weighted by Gasteiger charge is 2.21. The maximum absolute atomic E-state index is 10.2. The first-order valence-corrected chi connectivity index (χ1v) is 6.25. The average Bonchev–Trinajstić information content (AvgIpc) is 2.38. The van der Waals surface area contributed by atoms with E-state index in [9.17, 15) is 5.11 Å². The Morgan fingerprint density at radius 3 is 1.89 bits per heavy atom. The van der Waals surface area contributed by atoms with E-state index in [1.165, 1.54) is 5.56 Å². The van der Waals surface area contributed by atoms with Gasteiger partial charge in [-0.15, -0.1) is 0 Å². The Morgan fingerprint density at radius 2 is 1.33 bits per heavy atom. The van der Waals surface area contributed by atoms with Crippen LogP contribution in [0.2, 0.25) is 0 Å². The molecular formula is C16H19NO. The molecule has 2 heteroatoms. The second-order valence-electron chi connectivity index (χ2n) is 4.75. The highest BCUT2D eigenvalue weighted by molar-refractivity contribution is 5.18. The van der Waals surface area contributed by atoms with Gasteiger partial charge in [0.2, 0.25) is 0 Å². The molecule has 0 spiro atoms. The monoisotopic (exact) mass is 241 g/mol. The van der Waals surface area contributed by atoms with E-state index in [2.05, 4.69) is 12.1 Å². The predicted octanol–water partition coefficient (Wildman–Crippen LogP) is 2.51.